The molecular weight excluding hydrogens is 296 g/mol. The molecule has 0 saturated heterocycles. The van der Waals surface area contributed by atoms with Crippen molar-refractivity contribution in [3.8, 4) is 22.8 Å². The summed E-state index contributed by atoms with van der Waals surface area (Å²) in [6.45, 7) is 1.08. The van der Waals surface area contributed by atoms with Crippen LogP contribution in [0.25, 0.3) is 16.9 Å². The Bertz CT molecular complexity index is 846. The molecule has 3 heterocycles. The Hall–Kier alpha value is -2.80. The van der Waals surface area contributed by atoms with E-state index in [9.17, 15) is 0 Å². The normalized spacial score (nSPS) is 12.7. The number of hydrogen-bond donors (Lipinski definition) is 2. The zero-order valence-electron chi connectivity index (χ0n) is 12.4. The molecule has 7 heteroatoms. The summed E-state index contributed by atoms with van der Waals surface area (Å²) in [5.74, 6) is 2.22. The van der Waals surface area contributed by atoms with E-state index in [1.54, 1.807) is 10.7 Å². The molecule has 1 aromatic carbocycles. The average molecular weight is 312 g/mol. The molecule has 1 aliphatic heterocycles. The van der Waals surface area contributed by atoms with Crippen molar-refractivity contribution >= 4 is 11.5 Å². The first kappa shape index (κ1) is 13.8. The molecule has 0 spiro atoms. The van der Waals surface area contributed by atoms with Gasteiger partial charge >= 0.3 is 0 Å². The summed E-state index contributed by atoms with van der Waals surface area (Å²) in [5.41, 5.74) is 2.61. The highest BCUT2D eigenvalue weighted by Gasteiger charge is 2.16. The molecule has 0 aliphatic carbocycles. The topological polar surface area (TPSA) is 80.9 Å². The van der Waals surface area contributed by atoms with Gasteiger partial charge in [0.25, 0.3) is 0 Å². The Labute approximate surface area is 132 Å². The third kappa shape index (κ3) is 2.55. The smallest absolute Gasteiger partial charge is 0.231 e. The van der Waals surface area contributed by atoms with Gasteiger partial charge in [0.2, 0.25) is 6.79 Å². The molecule has 0 unspecified atom stereocenters. The molecule has 0 bridgehead atoms. The zero-order chi connectivity index (χ0) is 15.6. The van der Waals surface area contributed by atoms with Gasteiger partial charge in [-0.1, -0.05) is 0 Å². The minimum absolute atomic E-state index is 0.156. The molecule has 0 amide bonds. The number of fused-ring (bicyclic) bond motifs is 2. The van der Waals surface area contributed by atoms with E-state index in [1.807, 2.05) is 30.3 Å². The number of aromatic nitrogens is 3. The fourth-order valence-corrected chi connectivity index (χ4v) is 2.52. The molecule has 3 aromatic rings. The Balaban J connectivity index is 1.70. The van der Waals surface area contributed by atoms with E-state index in [0.29, 0.717) is 13.0 Å². The van der Waals surface area contributed by atoms with Crippen LogP contribution in [0, 0.1) is 0 Å². The lowest BCUT2D eigenvalue weighted by Crippen LogP contribution is -2.07. The van der Waals surface area contributed by atoms with Gasteiger partial charge in [-0.2, -0.15) is 0 Å². The van der Waals surface area contributed by atoms with Crippen LogP contribution in [0.2, 0.25) is 0 Å². The van der Waals surface area contributed by atoms with Crippen LogP contribution in [0.3, 0.4) is 0 Å². The van der Waals surface area contributed by atoms with E-state index in [1.165, 1.54) is 0 Å². The van der Waals surface area contributed by atoms with E-state index in [0.717, 1.165) is 34.2 Å². The van der Waals surface area contributed by atoms with Crippen molar-refractivity contribution in [2.24, 2.45) is 0 Å². The van der Waals surface area contributed by atoms with Crippen LogP contribution in [-0.2, 0) is 0 Å². The summed E-state index contributed by atoms with van der Waals surface area (Å²) >= 11 is 0. The Morgan fingerprint density at radius 3 is 3.00 bits per heavy atom. The zero-order valence-corrected chi connectivity index (χ0v) is 12.4. The number of aliphatic hydroxyl groups excluding tert-OH is 1. The fraction of sp³-hybridized carbons (Fsp3) is 0.250. The SMILES string of the molecule is OCCCNc1ccc2ncc(-c3ccc4c(c3)OCO4)n2n1. The predicted octanol–water partition coefficient (Wildman–Crippen LogP) is 1.92. The number of hydrogen-bond acceptors (Lipinski definition) is 6. The van der Waals surface area contributed by atoms with Crippen LogP contribution in [0.15, 0.2) is 36.5 Å². The van der Waals surface area contributed by atoms with Crippen molar-refractivity contribution in [3.63, 3.8) is 0 Å². The molecule has 4 rings (SSSR count). The van der Waals surface area contributed by atoms with E-state index in [4.69, 9.17) is 14.6 Å². The van der Waals surface area contributed by atoms with Gasteiger partial charge in [-0.05, 0) is 36.8 Å². The average Bonchev–Trinajstić information content (AvgIpc) is 3.20. The summed E-state index contributed by atoms with van der Waals surface area (Å²) < 4.78 is 12.6. The number of anilines is 1. The second-order valence-electron chi connectivity index (χ2n) is 5.20. The van der Waals surface area contributed by atoms with Crippen molar-refractivity contribution in [1.29, 1.82) is 0 Å². The van der Waals surface area contributed by atoms with Gasteiger partial charge in [0, 0.05) is 18.7 Å². The third-order valence-electron chi connectivity index (χ3n) is 3.67. The second kappa shape index (κ2) is 5.77. The molecule has 2 aromatic heterocycles. The number of benzene rings is 1. The number of ether oxygens (including phenoxy) is 2. The minimum Gasteiger partial charge on any atom is -0.454 e. The van der Waals surface area contributed by atoms with Gasteiger partial charge in [-0.25, -0.2) is 9.50 Å². The molecule has 0 saturated carbocycles. The van der Waals surface area contributed by atoms with Crippen molar-refractivity contribution in [3.05, 3.63) is 36.5 Å². The number of nitrogens with one attached hydrogen (secondary N) is 1. The van der Waals surface area contributed by atoms with Crippen LogP contribution < -0.4 is 14.8 Å². The first-order valence-corrected chi connectivity index (χ1v) is 7.45. The van der Waals surface area contributed by atoms with Crippen molar-refractivity contribution < 1.29 is 14.6 Å². The van der Waals surface area contributed by atoms with E-state index >= 15 is 0 Å². The summed E-state index contributed by atoms with van der Waals surface area (Å²) in [4.78, 5) is 4.39. The van der Waals surface area contributed by atoms with Crippen LogP contribution >= 0.6 is 0 Å². The van der Waals surface area contributed by atoms with Gasteiger partial charge < -0.3 is 19.9 Å². The van der Waals surface area contributed by atoms with E-state index < -0.39 is 0 Å². The summed E-state index contributed by atoms with van der Waals surface area (Å²) in [6.07, 6.45) is 2.47. The third-order valence-corrected chi connectivity index (χ3v) is 3.67. The van der Waals surface area contributed by atoms with Crippen LogP contribution in [0.4, 0.5) is 5.82 Å². The maximum Gasteiger partial charge on any atom is 0.231 e. The highest BCUT2D eigenvalue weighted by molar-refractivity contribution is 5.67. The lowest BCUT2D eigenvalue weighted by atomic mass is 10.1. The molecule has 0 fully saturated rings. The molecule has 2 N–H and O–H groups in total. The van der Waals surface area contributed by atoms with E-state index in [2.05, 4.69) is 15.4 Å². The Morgan fingerprint density at radius 2 is 2.09 bits per heavy atom. The van der Waals surface area contributed by atoms with Crippen LogP contribution in [0.1, 0.15) is 6.42 Å². The van der Waals surface area contributed by atoms with Crippen LogP contribution in [-0.4, -0.2) is 39.6 Å². The monoisotopic (exact) mass is 312 g/mol. The van der Waals surface area contributed by atoms with Gasteiger partial charge in [0.1, 0.15) is 5.82 Å². The Morgan fingerprint density at radius 1 is 1.17 bits per heavy atom. The van der Waals surface area contributed by atoms with Gasteiger partial charge in [-0.3, -0.25) is 0 Å². The lowest BCUT2D eigenvalue weighted by molar-refractivity contribution is 0.174. The number of imidazole rings is 1. The second-order valence-corrected chi connectivity index (χ2v) is 5.20. The summed E-state index contributed by atoms with van der Waals surface area (Å²) in [6, 6.07) is 9.57. The number of rotatable bonds is 5. The maximum atomic E-state index is 8.85. The molecule has 118 valence electrons. The van der Waals surface area contributed by atoms with Crippen molar-refractivity contribution in [2.45, 2.75) is 6.42 Å². The molecule has 23 heavy (non-hydrogen) atoms. The molecule has 7 nitrogen and oxygen atoms in total. The highest BCUT2D eigenvalue weighted by atomic mass is 16.7. The highest BCUT2D eigenvalue weighted by Crippen LogP contribution is 2.35. The fourth-order valence-electron chi connectivity index (χ4n) is 2.52. The largest absolute Gasteiger partial charge is 0.454 e. The van der Waals surface area contributed by atoms with Crippen molar-refractivity contribution in [2.75, 3.05) is 25.3 Å². The van der Waals surface area contributed by atoms with Crippen molar-refractivity contribution in [1.82, 2.24) is 14.6 Å². The molecule has 0 radical (unpaired) electrons. The first-order valence-electron chi connectivity index (χ1n) is 7.45. The van der Waals surface area contributed by atoms with Gasteiger partial charge in [0.15, 0.2) is 17.1 Å². The summed E-state index contributed by atoms with van der Waals surface area (Å²) in [7, 11) is 0. The van der Waals surface area contributed by atoms with E-state index in [-0.39, 0.29) is 13.4 Å². The van der Waals surface area contributed by atoms with Gasteiger partial charge in [-0.15, -0.1) is 5.10 Å². The predicted molar refractivity (Wildman–Crippen MR) is 84.7 cm³/mol. The maximum absolute atomic E-state index is 8.85. The number of nitrogens with zero attached hydrogens (tertiary/aromatic N) is 3. The van der Waals surface area contributed by atoms with Crippen LogP contribution in [0.5, 0.6) is 11.5 Å². The first-order chi connectivity index (χ1) is 11.3. The van der Waals surface area contributed by atoms with Gasteiger partial charge in [0.05, 0.1) is 11.9 Å². The summed E-state index contributed by atoms with van der Waals surface area (Å²) in [5, 5.41) is 16.6. The molecule has 1 aliphatic rings. The quantitative estimate of drug-likeness (QED) is 0.701. The number of aliphatic hydroxyl groups is 1. The standard InChI is InChI=1S/C16H16N4O3/c21-7-1-6-17-15-4-5-16-18-9-12(20(16)19-15)11-2-3-13-14(8-11)23-10-22-13/h2-5,8-9,21H,1,6-7,10H2,(H,17,19). The minimum atomic E-state index is 0.156. The molecular formula is C16H16N4O3. The molecule has 0 atom stereocenters. The lowest BCUT2D eigenvalue weighted by Gasteiger charge is -2.07. The Kier molecular flexibility index (Phi) is 3.47.